The van der Waals surface area contributed by atoms with E-state index in [1.165, 1.54) is 6.20 Å². The van der Waals surface area contributed by atoms with Gasteiger partial charge in [0.25, 0.3) is 5.91 Å². The van der Waals surface area contributed by atoms with Gasteiger partial charge in [0, 0.05) is 49.9 Å². The molecule has 0 bridgehead atoms. The van der Waals surface area contributed by atoms with E-state index in [0.29, 0.717) is 54.6 Å². The van der Waals surface area contributed by atoms with Crippen LogP contribution in [-0.4, -0.2) is 52.6 Å². The number of carbonyl (C=O) groups is 2. The van der Waals surface area contributed by atoms with Gasteiger partial charge in [-0.15, -0.1) is 0 Å². The molecule has 3 aromatic rings. The summed E-state index contributed by atoms with van der Waals surface area (Å²) in [5.41, 5.74) is -0.00246. The molecule has 0 aliphatic carbocycles. The number of pyridine rings is 1. The first-order valence-corrected chi connectivity index (χ1v) is 11.2. The maximum atomic E-state index is 15.0. The maximum Gasteiger partial charge on any atom is 0.257 e. The summed E-state index contributed by atoms with van der Waals surface area (Å²) >= 11 is 5.39. The Kier molecular flexibility index (Phi) is 6.60. The minimum absolute atomic E-state index is 0.00626. The van der Waals surface area contributed by atoms with Crippen LogP contribution in [0.2, 0.25) is 0 Å². The fourth-order valence-corrected chi connectivity index (χ4v) is 4.31. The molecule has 1 saturated heterocycles. The van der Waals surface area contributed by atoms with E-state index in [4.69, 9.17) is 12.2 Å². The van der Waals surface area contributed by atoms with Crippen LogP contribution >= 0.6 is 12.2 Å². The quantitative estimate of drug-likeness (QED) is 0.562. The molecule has 0 unspecified atom stereocenters. The molecule has 0 radical (unpaired) electrons. The number of benzene rings is 2. The molecule has 0 saturated carbocycles. The number of aromatic carboxylic acids is 1. The van der Waals surface area contributed by atoms with Crippen LogP contribution in [0.5, 0.6) is 0 Å². The number of nitrogens with one attached hydrogen (secondary N) is 1. The lowest BCUT2D eigenvalue weighted by Crippen LogP contribution is -2.52. The van der Waals surface area contributed by atoms with Gasteiger partial charge in [-0.3, -0.25) is 14.9 Å². The highest BCUT2D eigenvalue weighted by Crippen LogP contribution is 2.26. The second-order valence-electron chi connectivity index (χ2n) is 7.87. The van der Waals surface area contributed by atoms with Crippen LogP contribution < -0.4 is 20.8 Å². The molecule has 4 rings (SSSR count). The maximum absolute atomic E-state index is 15.0. The molecular weight excluding hydrogens is 459 g/mol. The third-order valence-electron chi connectivity index (χ3n) is 5.87. The van der Waals surface area contributed by atoms with Crippen molar-refractivity contribution < 1.29 is 19.1 Å². The van der Waals surface area contributed by atoms with Gasteiger partial charge < -0.3 is 24.3 Å². The molecule has 1 N–H and O–H groups in total. The van der Waals surface area contributed by atoms with E-state index in [2.05, 4.69) is 5.32 Å². The average Bonchev–Trinajstić information content (AvgIpc) is 2.84. The molecule has 1 amide bonds. The van der Waals surface area contributed by atoms with Crippen LogP contribution in [0.1, 0.15) is 27.6 Å². The van der Waals surface area contributed by atoms with Gasteiger partial charge in [-0.25, -0.2) is 4.39 Å². The van der Waals surface area contributed by atoms with Crippen molar-refractivity contribution in [2.45, 2.75) is 13.5 Å². The molecule has 2 aromatic carbocycles. The topological polar surface area (TPSA) is 97.7 Å². The number of hydrogen-bond acceptors (Lipinski definition) is 6. The first kappa shape index (κ1) is 23.4. The summed E-state index contributed by atoms with van der Waals surface area (Å²) in [5, 5.41) is 14.3. The van der Waals surface area contributed by atoms with Crippen LogP contribution in [0, 0.1) is 5.82 Å². The number of aromatic nitrogens is 1. The highest BCUT2D eigenvalue weighted by Gasteiger charge is 2.23. The smallest absolute Gasteiger partial charge is 0.257 e. The minimum Gasteiger partial charge on any atom is -0.545 e. The van der Waals surface area contributed by atoms with Crippen LogP contribution in [0.3, 0.4) is 0 Å². The second kappa shape index (κ2) is 9.60. The van der Waals surface area contributed by atoms with E-state index < -0.39 is 22.8 Å². The van der Waals surface area contributed by atoms with Crippen LogP contribution in [0.4, 0.5) is 10.1 Å². The number of anilines is 1. The normalized spacial score (nSPS) is 13.7. The molecule has 1 fully saturated rings. The summed E-state index contributed by atoms with van der Waals surface area (Å²) in [6, 6.07) is 11.4. The number of amides is 1. The van der Waals surface area contributed by atoms with Gasteiger partial charge in [0.1, 0.15) is 5.82 Å². The Morgan fingerprint density at radius 2 is 1.79 bits per heavy atom. The van der Waals surface area contributed by atoms with Crippen molar-refractivity contribution in [2.24, 2.45) is 0 Å². The number of nitrogens with zero attached hydrogens (tertiary/aromatic N) is 3. The predicted octanol–water partition coefficient (Wildman–Crippen LogP) is 1.36. The number of piperazine rings is 1. The van der Waals surface area contributed by atoms with Gasteiger partial charge in [-0.2, -0.15) is 0 Å². The van der Waals surface area contributed by atoms with Crippen molar-refractivity contribution in [3.8, 4) is 0 Å². The van der Waals surface area contributed by atoms with Crippen molar-refractivity contribution in [2.75, 3.05) is 31.1 Å². The third-order valence-corrected chi connectivity index (χ3v) is 6.23. The van der Waals surface area contributed by atoms with E-state index in [1.54, 1.807) is 41.8 Å². The summed E-state index contributed by atoms with van der Waals surface area (Å²) < 4.78 is 16.6. The number of thiocarbonyl (C=S) groups is 1. The van der Waals surface area contributed by atoms with E-state index >= 15 is 4.39 Å². The van der Waals surface area contributed by atoms with Crippen LogP contribution in [0.25, 0.3) is 10.9 Å². The third kappa shape index (κ3) is 4.49. The van der Waals surface area contributed by atoms with Crippen LogP contribution in [0.15, 0.2) is 53.5 Å². The van der Waals surface area contributed by atoms with Gasteiger partial charge in [0.05, 0.1) is 22.7 Å². The number of aryl methyl sites for hydroxylation is 1. The van der Waals surface area contributed by atoms with Crippen molar-refractivity contribution in [3.05, 3.63) is 75.8 Å². The van der Waals surface area contributed by atoms with Crippen molar-refractivity contribution in [1.82, 2.24) is 14.8 Å². The number of halogens is 1. The molecule has 0 spiro atoms. The summed E-state index contributed by atoms with van der Waals surface area (Å²) in [5.74, 6) is -2.50. The Hall–Kier alpha value is -3.79. The number of carbonyl (C=O) groups excluding carboxylic acids is 2. The molecule has 8 nitrogen and oxygen atoms in total. The Labute approximate surface area is 200 Å². The summed E-state index contributed by atoms with van der Waals surface area (Å²) in [7, 11) is 0. The molecular formula is C24H22FN4O4S-. The minimum atomic E-state index is -1.59. The molecule has 176 valence electrons. The van der Waals surface area contributed by atoms with Crippen molar-refractivity contribution in [1.29, 1.82) is 0 Å². The lowest BCUT2D eigenvalue weighted by molar-refractivity contribution is -0.255. The van der Waals surface area contributed by atoms with Crippen molar-refractivity contribution in [3.63, 3.8) is 0 Å². The summed E-state index contributed by atoms with van der Waals surface area (Å²) in [4.78, 5) is 39.9. The van der Waals surface area contributed by atoms with Gasteiger partial charge in [0.15, 0.2) is 10.5 Å². The fraction of sp³-hybridized carbons (Fsp3) is 0.250. The molecule has 1 aromatic heterocycles. The van der Waals surface area contributed by atoms with Gasteiger partial charge >= 0.3 is 0 Å². The second-order valence-corrected chi connectivity index (χ2v) is 8.25. The Morgan fingerprint density at radius 3 is 2.41 bits per heavy atom. The largest absolute Gasteiger partial charge is 0.545 e. The first-order valence-electron chi connectivity index (χ1n) is 10.8. The zero-order valence-corrected chi connectivity index (χ0v) is 19.2. The number of carboxylic acids is 1. The first-order chi connectivity index (χ1) is 16.3. The van der Waals surface area contributed by atoms with Crippen molar-refractivity contribution >= 4 is 45.8 Å². The van der Waals surface area contributed by atoms with E-state index in [-0.39, 0.29) is 11.3 Å². The molecule has 1 aliphatic heterocycles. The average molecular weight is 482 g/mol. The van der Waals surface area contributed by atoms with E-state index in [9.17, 15) is 19.5 Å². The summed E-state index contributed by atoms with van der Waals surface area (Å²) in [6.45, 7) is 4.01. The zero-order valence-electron chi connectivity index (χ0n) is 18.4. The Bertz CT molecular complexity index is 1330. The van der Waals surface area contributed by atoms with Crippen LogP contribution in [-0.2, 0) is 6.54 Å². The Balaban J connectivity index is 1.52. The number of fused-ring (bicyclic) bond motifs is 1. The highest BCUT2D eigenvalue weighted by molar-refractivity contribution is 7.80. The van der Waals surface area contributed by atoms with Gasteiger partial charge in [-0.1, -0.05) is 18.2 Å². The molecule has 34 heavy (non-hydrogen) atoms. The zero-order chi connectivity index (χ0) is 24.4. The summed E-state index contributed by atoms with van der Waals surface area (Å²) in [6.07, 6.45) is 1.23. The number of hydrogen-bond donors (Lipinski definition) is 1. The standard InChI is InChI=1S/C24H23FN4O4S/c1-2-27-14-17(23(32)33)21(30)16-12-18(25)20(13-19(16)27)28-8-10-29(11-9-28)24(34)26-22(31)15-6-4-3-5-7-15/h3-7,12-14H,2,8-11H2,1H3,(H,32,33)(H,26,31,34)/p-1. The van der Waals surface area contributed by atoms with E-state index in [0.717, 1.165) is 6.07 Å². The highest BCUT2D eigenvalue weighted by atomic mass is 32.1. The Morgan fingerprint density at radius 1 is 1.12 bits per heavy atom. The molecule has 1 aliphatic rings. The number of rotatable bonds is 4. The lowest BCUT2D eigenvalue weighted by atomic mass is 10.1. The van der Waals surface area contributed by atoms with Gasteiger partial charge in [-0.05, 0) is 43.4 Å². The molecule has 0 atom stereocenters. The van der Waals surface area contributed by atoms with Gasteiger partial charge in [0.2, 0.25) is 0 Å². The predicted molar refractivity (Wildman–Crippen MR) is 128 cm³/mol. The monoisotopic (exact) mass is 481 g/mol. The number of carboxylic acid groups (broad SMARTS) is 1. The molecule has 2 heterocycles. The molecule has 10 heteroatoms. The lowest BCUT2D eigenvalue weighted by Gasteiger charge is -2.37. The van der Waals surface area contributed by atoms with E-state index in [1.807, 2.05) is 15.9 Å². The fourth-order valence-electron chi connectivity index (χ4n) is 4.04. The SMILES string of the molecule is CCn1cc(C(=O)[O-])c(=O)c2cc(F)c(N3CCN(C(=S)NC(=O)c4ccccc4)CC3)cc21.